The first-order chi connectivity index (χ1) is 8.56. The highest BCUT2D eigenvalue weighted by Gasteiger charge is 2.42. The van der Waals surface area contributed by atoms with E-state index in [9.17, 15) is 4.79 Å². The summed E-state index contributed by atoms with van der Waals surface area (Å²) in [5.41, 5.74) is 0.181. The molecule has 1 amide bonds. The smallest absolute Gasteiger partial charge is 0.226 e. The van der Waals surface area contributed by atoms with Gasteiger partial charge in [-0.3, -0.25) is 4.79 Å². The fraction of sp³-hybridized carbons (Fsp3) is 0.933. The molecule has 1 atom stereocenters. The third kappa shape index (κ3) is 2.84. The summed E-state index contributed by atoms with van der Waals surface area (Å²) in [6.45, 7) is 5.23. The summed E-state index contributed by atoms with van der Waals surface area (Å²) in [6.07, 6.45) is 8.34. The van der Waals surface area contributed by atoms with Crippen LogP contribution in [0.4, 0.5) is 0 Å². The normalized spacial score (nSPS) is 27.6. The average Bonchev–Trinajstić information content (AvgIpc) is 2.94. The number of hydrogen-bond donors (Lipinski definition) is 0. The summed E-state index contributed by atoms with van der Waals surface area (Å²) < 4.78 is 0. The highest BCUT2D eigenvalue weighted by molar-refractivity contribution is 6.18. The number of alkyl halides is 1. The Morgan fingerprint density at radius 2 is 1.89 bits per heavy atom. The molecular formula is C15H26ClNO. The van der Waals surface area contributed by atoms with Crippen molar-refractivity contribution in [2.45, 2.75) is 64.8 Å². The minimum atomic E-state index is 0.181. The van der Waals surface area contributed by atoms with Crippen LogP contribution < -0.4 is 0 Å². The Hall–Kier alpha value is -0.240. The van der Waals surface area contributed by atoms with E-state index in [4.69, 9.17) is 11.6 Å². The number of amides is 1. The van der Waals surface area contributed by atoms with Crippen molar-refractivity contribution in [3.05, 3.63) is 0 Å². The van der Waals surface area contributed by atoms with Crippen LogP contribution in [0.15, 0.2) is 0 Å². The van der Waals surface area contributed by atoms with Crippen LogP contribution in [0.2, 0.25) is 0 Å². The molecule has 0 radical (unpaired) electrons. The molecule has 0 spiro atoms. The van der Waals surface area contributed by atoms with Gasteiger partial charge in [0.15, 0.2) is 0 Å². The van der Waals surface area contributed by atoms with Crippen LogP contribution in [-0.4, -0.2) is 29.3 Å². The summed E-state index contributed by atoms with van der Waals surface area (Å²) in [4.78, 5) is 14.9. The van der Waals surface area contributed by atoms with Gasteiger partial charge in [0.05, 0.1) is 0 Å². The molecule has 0 N–H and O–H groups in total. The van der Waals surface area contributed by atoms with E-state index < -0.39 is 0 Å². The Labute approximate surface area is 116 Å². The number of halogens is 1. The Bertz CT molecular complexity index is 297. The van der Waals surface area contributed by atoms with E-state index >= 15 is 0 Å². The standard InChI is InChI=1S/C15H26ClNO/c1-15(2)9-5-8-13(15)14(18)17(11-10-16)12-6-3-4-7-12/h12-13H,3-11H2,1-2H3. The van der Waals surface area contributed by atoms with Gasteiger partial charge in [-0.2, -0.15) is 0 Å². The molecule has 3 heteroatoms. The lowest BCUT2D eigenvalue weighted by Crippen LogP contribution is -2.45. The third-order valence-electron chi connectivity index (χ3n) is 4.93. The molecule has 0 bridgehead atoms. The average molecular weight is 272 g/mol. The molecule has 0 saturated heterocycles. The second kappa shape index (κ2) is 5.81. The van der Waals surface area contributed by atoms with Crippen molar-refractivity contribution in [3.8, 4) is 0 Å². The SMILES string of the molecule is CC1(C)CCCC1C(=O)N(CCCl)C1CCCC1. The van der Waals surface area contributed by atoms with Crippen molar-refractivity contribution in [2.75, 3.05) is 12.4 Å². The minimum Gasteiger partial charge on any atom is -0.338 e. The first kappa shape index (κ1) is 14.2. The van der Waals surface area contributed by atoms with E-state index in [2.05, 4.69) is 18.7 Å². The number of carbonyl (C=O) groups is 1. The van der Waals surface area contributed by atoms with Gasteiger partial charge in [0.25, 0.3) is 0 Å². The summed E-state index contributed by atoms with van der Waals surface area (Å²) in [5.74, 6) is 1.17. The first-order valence-electron chi connectivity index (χ1n) is 7.43. The molecule has 0 aromatic rings. The molecule has 2 aliphatic rings. The molecule has 1 unspecified atom stereocenters. The van der Waals surface area contributed by atoms with Gasteiger partial charge in [-0.25, -0.2) is 0 Å². The van der Waals surface area contributed by atoms with Gasteiger partial charge >= 0.3 is 0 Å². The maximum absolute atomic E-state index is 12.8. The second-order valence-electron chi connectivity index (χ2n) is 6.59. The van der Waals surface area contributed by atoms with Gasteiger partial charge in [0.1, 0.15) is 0 Å². The van der Waals surface area contributed by atoms with E-state index in [1.54, 1.807) is 0 Å². The van der Waals surface area contributed by atoms with E-state index in [0.717, 1.165) is 13.0 Å². The molecule has 104 valence electrons. The van der Waals surface area contributed by atoms with Crippen LogP contribution in [0.25, 0.3) is 0 Å². The van der Waals surface area contributed by atoms with Gasteiger partial charge in [0, 0.05) is 24.4 Å². The fourth-order valence-electron chi connectivity index (χ4n) is 3.76. The lowest BCUT2D eigenvalue weighted by atomic mass is 9.81. The van der Waals surface area contributed by atoms with Crippen molar-refractivity contribution in [2.24, 2.45) is 11.3 Å². The molecule has 2 nitrogen and oxygen atoms in total. The number of carbonyl (C=O) groups excluding carboxylic acids is 1. The number of nitrogens with zero attached hydrogens (tertiary/aromatic N) is 1. The monoisotopic (exact) mass is 271 g/mol. The van der Waals surface area contributed by atoms with Gasteiger partial charge in [0.2, 0.25) is 5.91 Å². The Balaban J connectivity index is 2.07. The fourth-order valence-corrected chi connectivity index (χ4v) is 3.95. The zero-order valence-electron chi connectivity index (χ0n) is 11.8. The lowest BCUT2D eigenvalue weighted by molar-refractivity contribution is -0.140. The van der Waals surface area contributed by atoms with E-state index in [0.29, 0.717) is 17.8 Å². The van der Waals surface area contributed by atoms with Crippen LogP contribution in [0.5, 0.6) is 0 Å². The number of hydrogen-bond acceptors (Lipinski definition) is 1. The minimum absolute atomic E-state index is 0.181. The van der Waals surface area contributed by atoms with E-state index in [-0.39, 0.29) is 11.3 Å². The molecule has 0 heterocycles. The molecule has 0 aliphatic heterocycles. The van der Waals surface area contributed by atoms with Crippen LogP contribution >= 0.6 is 11.6 Å². The van der Waals surface area contributed by atoms with Crippen molar-refractivity contribution >= 4 is 17.5 Å². The highest BCUT2D eigenvalue weighted by atomic mass is 35.5. The quantitative estimate of drug-likeness (QED) is 0.712. The Morgan fingerprint density at radius 1 is 1.22 bits per heavy atom. The molecule has 18 heavy (non-hydrogen) atoms. The molecule has 0 aromatic heterocycles. The zero-order chi connectivity index (χ0) is 13.2. The predicted molar refractivity (Wildman–Crippen MR) is 75.8 cm³/mol. The van der Waals surface area contributed by atoms with Crippen molar-refractivity contribution in [3.63, 3.8) is 0 Å². The Kier molecular flexibility index (Phi) is 4.58. The highest BCUT2D eigenvalue weighted by Crippen LogP contribution is 2.44. The molecule has 0 aromatic carbocycles. The number of rotatable bonds is 4. The van der Waals surface area contributed by atoms with Gasteiger partial charge in [-0.1, -0.05) is 33.1 Å². The van der Waals surface area contributed by atoms with E-state index in [1.165, 1.54) is 38.5 Å². The van der Waals surface area contributed by atoms with Crippen molar-refractivity contribution in [1.82, 2.24) is 4.90 Å². The van der Waals surface area contributed by atoms with Crippen LogP contribution in [0.1, 0.15) is 58.8 Å². The molecule has 2 fully saturated rings. The lowest BCUT2D eigenvalue weighted by Gasteiger charge is -2.35. The summed E-state index contributed by atoms with van der Waals surface area (Å²) in [6, 6.07) is 0.465. The molecule has 2 rings (SSSR count). The summed E-state index contributed by atoms with van der Waals surface area (Å²) in [5, 5.41) is 0. The third-order valence-corrected chi connectivity index (χ3v) is 5.10. The maximum Gasteiger partial charge on any atom is 0.226 e. The molecule has 2 saturated carbocycles. The van der Waals surface area contributed by atoms with Crippen LogP contribution in [-0.2, 0) is 4.79 Å². The van der Waals surface area contributed by atoms with Gasteiger partial charge < -0.3 is 4.90 Å². The Morgan fingerprint density at radius 3 is 2.39 bits per heavy atom. The van der Waals surface area contributed by atoms with Crippen LogP contribution in [0.3, 0.4) is 0 Å². The zero-order valence-corrected chi connectivity index (χ0v) is 12.5. The van der Waals surface area contributed by atoms with Gasteiger partial charge in [-0.05, 0) is 31.1 Å². The topological polar surface area (TPSA) is 20.3 Å². The van der Waals surface area contributed by atoms with Crippen LogP contribution in [0, 0.1) is 11.3 Å². The van der Waals surface area contributed by atoms with Crippen molar-refractivity contribution in [1.29, 1.82) is 0 Å². The summed E-state index contributed by atoms with van der Waals surface area (Å²) in [7, 11) is 0. The predicted octanol–water partition coefficient (Wildman–Crippen LogP) is 3.82. The molecule has 2 aliphatic carbocycles. The first-order valence-corrected chi connectivity index (χ1v) is 7.96. The molecular weight excluding hydrogens is 246 g/mol. The summed E-state index contributed by atoms with van der Waals surface area (Å²) >= 11 is 5.90. The second-order valence-corrected chi connectivity index (χ2v) is 6.97. The van der Waals surface area contributed by atoms with E-state index in [1.807, 2.05) is 0 Å². The van der Waals surface area contributed by atoms with Gasteiger partial charge in [-0.15, -0.1) is 11.6 Å². The van der Waals surface area contributed by atoms with Crippen molar-refractivity contribution < 1.29 is 4.79 Å². The largest absolute Gasteiger partial charge is 0.338 e. The maximum atomic E-state index is 12.8.